The monoisotopic (exact) mass is 359 g/mol. The highest BCUT2D eigenvalue weighted by Gasteiger charge is 2.26. The molecule has 1 aliphatic heterocycles. The fourth-order valence-electron chi connectivity index (χ4n) is 3.98. The lowest BCUT2D eigenvalue weighted by molar-refractivity contribution is 0.404. The molecule has 5 heterocycles. The fourth-order valence-corrected chi connectivity index (χ4v) is 3.98. The van der Waals surface area contributed by atoms with Gasteiger partial charge in [-0.1, -0.05) is 0 Å². The summed E-state index contributed by atoms with van der Waals surface area (Å²) in [6, 6.07) is 7.73. The highest BCUT2D eigenvalue weighted by molar-refractivity contribution is 6.00. The largest absolute Gasteiger partial charge is 0.355 e. The molecule has 27 heavy (non-hydrogen) atoms. The van der Waals surface area contributed by atoms with Gasteiger partial charge in [0.25, 0.3) is 0 Å². The van der Waals surface area contributed by atoms with Crippen LogP contribution in [-0.4, -0.2) is 37.6 Å². The molecule has 134 valence electrons. The van der Waals surface area contributed by atoms with Crippen molar-refractivity contribution >= 4 is 27.9 Å². The number of nitrogens with one attached hydrogen (secondary N) is 2. The zero-order chi connectivity index (χ0) is 18.4. The van der Waals surface area contributed by atoms with E-state index in [2.05, 4.69) is 30.9 Å². The van der Waals surface area contributed by atoms with Crippen molar-refractivity contribution in [2.75, 3.05) is 18.0 Å². The molecule has 4 aromatic rings. The van der Waals surface area contributed by atoms with Gasteiger partial charge in [0, 0.05) is 30.9 Å². The van der Waals surface area contributed by atoms with E-state index in [1.165, 1.54) is 0 Å². The first kappa shape index (κ1) is 15.6. The van der Waals surface area contributed by atoms with Crippen molar-refractivity contribution in [3.05, 3.63) is 52.8 Å². The van der Waals surface area contributed by atoms with E-state index in [0.717, 1.165) is 47.3 Å². The number of aromatic nitrogens is 5. The van der Waals surface area contributed by atoms with Crippen molar-refractivity contribution in [1.82, 2.24) is 24.5 Å². The molecule has 8 heteroatoms. The molecule has 0 radical (unpaired) electrons. The molecule has 1 aliphatic rings. The highest BCUT2D eigenvalue weighted by Crippen LogP contribution is 2.29. The minimum absolute atomic E-state index is 0.0398. The maximum atomic E-state index is 12.7. The Hall–Kier alpha value is -3.60. The first-order valence-electron chi connectivity index (χ1n) is 8.92. The number of fused-ring (bicyclic) bond motifs is 3. The molecule has 0 unspecified atom stereocenters. The van der Waals surface area contributed by atoms with Crippen LogP contribution in [0.3, 0.4) is 0 Å². The maximum absolute atomic E-state index is 12.7. The summed E-state index contributed by atoms with van der Waals surface area (Å²) >= 11 is 0. The van der Waals surface area contributed by atoms with Crippen molar-refractivity contribution in [2.45, 2.75) is 18.9 Å². The summed E-state index contributed by atoms with van der Waals surface area (Å²) in [4.78, 5) is 29.7. The van der Waals surface area contributed by atoms with E-state index in [1.807, 2.05) is 22.9 Å². The van der Waals surface area contributed by atoms with Crippen LogP contribution in [0.2, 0.25) is 0 Å². The van der Waals surface area contributed by atoms with Crippen LogP contribution in [-0.2, 0) is 0 Å². The van der Waals surface area contributed by atoms with Gasteiger partial charge < -0.3 is 14.9 Å². The molecule has 8 nitrogen and oxygen atoms in total. The van der Waals surface area contributed by atoms with E-state index < -0.39 is 0 Å². The lowest BCUT2D eigenvalue weighted by Gasteiger charge is -2.34. The Morgan fingerprint density at radius 2 is 2.15 bits per heavy atom. The van der Waals surface area contributed by atoms with Gasteiger partial charge in [-0.3, -0.25) is 4.57 Å². The van der Waals surface area contributed by atoms with E-state index in [-0.39, 0.29) is 11.7 Å². The van der Waals surface area contributed by atoms with E-state index in [4.69, 9.17) is 5.26 Å². The summed E-state index contributed by atoms with van der Waals surface area (Å²) in [6.45, 7) is 1.58. The van der Waals surface area contributed by atoms with E-state index >= 15 is 0 Å². The molecule has 0 aliphatic carbocycles. The average Bonchev–Trinajstić information content (AvgIpc) is 3.31. The fraction of sp³-hybridized carbons (Fsp3) is 0.263. The lowest BCUT2D eigenvalue weighted by Crippen LogP contribution is -2.39. The standard InChI is InChI=1S/C19H17N7O/c20-8-12-3-4-16(22-9-12)25-7-1-2-13(11-25)26-17-14-5-6-21-18(14)23-10-15(17)24-19(26)27/h3-6,9-10,13H,1-2,7,11H2,(H,21,23)(H,24,27)/t13-/m1/s1. The number of hydrogen-bond donors (Lipinski definition) is 2. The van der Waals surface area contributed by atoms with Crippen LogP contribution >= 0.6 is 0 Å². The van der Waals surface area contributed by atoms with Gasteiger partial charge in [-0.15, -0.1) is 0 Å². The molecule has 1 fully saturated rings. The Labute approximate surface area is 154 Å². The smallest absolute Gasteiger partial charge is 0.326 e. The summed E-state index contributed by atoms with van der Waals surface area (Å²) in [7, 11) is 0. The van der Waals surface area contributed by atoms with Gasteiger partial charge in [-0.2, -0.15) is 5.26 Å². The van der Waals surface area contributed by atoms with E-state index in [0.29, 0.717) is 12.1 Å². The number of nitriles is 1. The summed E-state index contributed by atoms with van der Waals surface area (Å²) < 4.78 is 1.86. The Balaban J connectivity index is 1.56. The number of anilines is 1. The minimum Gasteiger partial charge on any atom is -0.355 e. The van der Waals surface area contributed by atoms with Crippen LogP contribution in [0.5, 0.6) is 0 Å². The first-order valence-corrected chi connectivity index (χ1v) is 8.92. The molecule has 0 aromatic carbocycles. The average molecular weight is 359 g/mol. The molecule has 0 spiro atoms. The Bertz CT molecular complexity index is 1230. The van der Waals surface area contributed by atoms with Crippen molar-refractivity contribution in [3.63, 3.8) is 0 Å². The second kappa shape index (κ2) is 5.99. The lowest BCUT2D eigenvalue weighted by atomic mass is 10.0. The molecular formula is C19H17N7O. The Morgan fingerprint density at radius 3 is 2.96 bits per heavy atom. The summed E-state index contributed by atoms with van der Waals surface area (Å²) in [5.41, 5.74) is 2.85. The Kier molecular flexibility index (Phi) is 3.47. The van der Waals surface area contributed by atoms with Gasteiger partial charge in [-0.05, 0) is 31.0 Å². The second-order valence-electron chi connectivity index (χ2n) is 6.82. The SMILES string of the molecule is N#Cc1ccc(N2CCC[C@@H](n3c(=O)[nH]c4cnc5[nH]ccc5c43)C2)nc1. The van der Waals surface area contributed by atoms with Crippen LogP contribution in [0, 0.1) is 11.3 Å². The third kappa shape index (κ3) is 2.47. The van der Waals surface area contributed by atoms with Crippen LogP contribution < -0.4 is 10.6 Å². The summed E-state index contributed by atoms with van der Waals surface area (Å²) in [5, 5.41) is 9.90. The number of H-pyrrole nitrogens is 2. The highest BCUT2D eigenvalue weighted by atomic mass is 16.1. The number of nitrogens with zero attached hydrogens (tertiary/aromatic N) is 5. The topological polar surface area (TPSA) is 106 Å². The predicted molar refractivity (Wildman–Crippen MR) is 102 cm³/mol. The van der Waals surface area contributed by atoms with Gasteiger partial charge in [0.2, 0.25) is 0 Å². The molecule has 0 amide bonds. The van der Waals surface area contributed by atoms with Crippen LogP contribution in [0.1, 0.15) is 24.4 Å². The first-order chi connectivity index (χ1) is 13.2. The number of hydrogen-bond acceptors (Lipinski definition) is 5. The number of imidazole rings is 1. The predicted octanol–water partition coefficient (Wildman–Crippen LogP) is 2.31. The number of pyridine rings is 2. The van der Waals surface area contributed by atoms with Gasteiger partial charge in [0.1, 0.15) is 17.5 Å². The van der Waals surface area contributed by atoms with Gasteiger partial charge in [0.15, 0.2) is 0 Å². The van der Waals surface area contributed by atoms with Gasteiger partial charge in [0.05, 0.1) is 28.8 Å². The number of piperidine rings is 1. The van der Waals surface area contributed by atoms with Gasteiger partial charge >= 0.3 is 5.69 Å². The van der Waals surface area contributed by atoms with Crippen molar-refractivity contribution in [1.29, 1.82) is 5.26 Å². The quantitative estimate of drug-likeness (QED) is 0.571. The molecule has 4 aromatic heterocycles. The van der Waals surface area contributed by atoms with E-state index in [9.17, 15) is 4.79 Å². The molecule has 2 N–H and O–H groups in total. The van der Waals surface area contributed by atoms with Crippen molar-refractivity contribution < 1.29 is 0 Å². The molecule has 5 rings (SSSR count). The van der Waals surface area contributed by atoms with Gasteiger partial charge in [-0.25, -0.2) is 14.8 Å². The number of aromatic amines is 2. The van der Waals surface area contributed by atoms with Crippen molar-refractivity contribution in [2.24, 2.45) is 0 Å². The normalized spacial score (nSPS) is 17.4. The van der Waals surface area contributed by atoms with E-state index in [1.54, 1.807) is 18.5 Å². The second-order valence-corrected chi connectivity index (χ2v) is 6.82. The molecule has 1 atom stereocenters. The van der Waals surface area contributed by atoms with Crippen molar-refractivity contribution in [3.8, 4) is 6.07 Å². The zero-order valence-corrected chi connectivity index (χ0v) is 14.5. The van der Waals surface area contributed by atoms with Crippen LogP contribution in [0.15, 0.2) is 41.6 Å². The molecular weight excluding hydrogens is 342 g/mol. The molecule has 0 bridgehead atoms. The Morgan fingerprint density at radius 1 is 1.22 bits per heavy atom. The molecule has 1 saturated heterocycles. The van der Waals surface area contributed by atoms with Crippen LogP contribution in [0.25, 0.3) is 22.1 Å². The minimum atomic E-state index is -0.111. The summed E-state index contributed by atoms with van der Waals surface area (Å²) in [5.74, 6) is 0.833. The van der Waals surface area contributed by atoms with Crippen LogP contribution in [0.4, 0.5) is 5.82 Å². The summed E-state index contributed by atoms with van der Waals surface area (Å²) in [6.07, 6.45) is 7.02. The maximum Gasteiger partial charge on any atom is 0.326 e. The number of rotatable bonds is 2. The third-order valence-electron chi connectivity index (χ3n) is 5.22. The molecule has 0 saturated carbocycles. The third-order valence-corrected chi connectivity index (χ3v) is 5.22. The zero-order valence-electron chi connectivity index (χ0n) is 14.5.